The van der Waals surface area contributed by atoms with Gasteiger partial charge in [-0.2, -0.15) is 0 Å². The van der Waals surface area contributed by atoms with Crippen molar-refractivity contribution in [2.75, 3.05) is 11.9 Å². The van der Waals surface area contributed by atoms with Crippen molar-refractivity contribution < 1.29 is 4.74 Å². The maximum atomic E-state index is 5.49. The number of hydrogen-bond donors (Lipinski definition) is 2. The van der Waals surface area contributed by atoms with Crippen molar-refractivity contribution in [3.63, 3.8) is 0 Å². The molecule has 0 aliphatic rings. The van der Waals surface area contributed by atoms with Gasteiger partial charge in [-0.15, -0.1) is 0 Å². The summed E-state index contributed by atoms with van der Waals surface area (Å²) in [5.41, 5.74) is 4.12. The van der Waals surface area contributed by atoms with Gasteiger partial charge in [0, 0.05) is 11.8 Å². The Bertz CT molecular complexity index is 733. The fourth-order valence-corrected chi connectivity index (χ4v) is 2.15. The second kappa shape index (κ2) is 5.25. The minimum atomic E-state index is 0.661. The Morgan fingerprint density at radius 2 is 2.05 bits per heavy atom. The Morgan fingerprint density at radius 3 is 2.85 bits per heavy atom. The monoisotopic (exact) mass is 267 g/mol. The maximum absolute atomic E-state index is 5.49. The second-order valence-corrected chi connectivity index (χ2v) is 4.64. The van der Waals surface area contributed by atoms with E-state index in [4.69, 9.17) is 4.74 Å². The third kappa shape index (κ3) is 2.45. The number of H-pyrrole nitrogens is 1. The number of benzene rings is 2. The van der Waals surface area contributed by atoms with Crippen molar-refractivity contribution in [3.05, 3.63) is 48.0 Å². The Hall–Kier alpha value is -2.49. The smallest absolute Gasteiger partial charge is 0.205 e. The van der Waals surface area contributed by atoms with Crippen LogP contribution in [0.3, 0.4) is 0 Å². The van der Waals surface area contributed by atoms with E-state index in [0.29, 0.717) is 6.61 Å². The summed E-state index contributed by atoms with van der Waals surface area (Å²) >= 11 is 0. The summed E-state index contributed by atoms with van der Waals surface area (Å²) in [6, 6.07) is 14.0. The number of fused-ring (bicyclic) bond motifs is 1. The van der Waals surface area contributed by atoms with Crippen LogP contribution in [0.1, 0.15) is 12.5 Å². The summed E-state index contributed by atoms with van der Waals surface area (Å²) in [5, 5.41) is 3.31. The molecule has 20 heavy (non-hydrogen) atoms. The third-order valence-corrected chi connectivity index (χ3v) is 3.16. The van der Waals surface area contributed by atoms with E-state index >= 15 is 0 Å². The van der Waals surface area contributed by atoms with Crippen LogP contribution in [-0.2, 0) is 0 Å². The minimum absolute atomic E-state index is 0.661. The number of nitrogens with zero attached hydrogens (tertiary/aromatic N) is 1. The fourth-order valence-electron chi connectivity index (χ4n) is 2.15. The van der Waals surface area contributed by atoms with Gasteiger partial charge in [0.2, 0.25) is 5.95 Å². The Balaban J connectivity index is 1.91. The van der Waals surface area contributed by atoms with Crippen LogP contribution < -0.4 is 10.1 Å². The zero-order valence-corrected chi connectivity index (χ0v) is 11.6. The number of aromatic amines is 1. The highest BCUT2D eigenvalue weighted by Crippen LogP contribution is 2.23. The van der Waals surface area contributed by atoms with E-state index in [0.717, 1.165) is 28.4 Å². The Kier molecular flexibility index (Phi) is 3.29. The van der Waals surface area contributed by atoms with E-state index in [2.05, 4.69) is 28.3 Å². The molecule has 2 N–H and O–H groups in total. The van der Waals surface area contributed by atoms with Gasteiger partial charge in [0.25, 0.3) is 0 Å². The van der Waals surface area contributed by atoms with Gasteiger partial charge in [-0.05, 0) is 37.6 Å². The molecular formula is C16H17N3O. The minimum Gasteiger partial charge on any atom is -0.494 e. The van der Waals surface area contributed by atoms with E-state index in [1.54, 1.807) is 0 Å². The zero-order valence-electron chi connectivity index (χ0n) is 11.6. The number of ether oxygens (including phenoxy) is 1. The number of imidazole rings is 1. The van der Waals surface area contributed by atoms with Crippen molar-refractivity contribution in [2.45, 2.75) is 13.8 Å². The first-order valence-corrected chi connectivity index (χ1v) is 6.71. The molecule has 0 saturated carbocycles. The Morgan fingerprint density at radius 1 is 1.20 bits per heavy atom. The largest absolute Gasteiger partial charge is 0.494 e. The van der Waals surface area contributed by atoms with E-state index in [1.807, 2.05) is 43.3 Å². The molecule has 0 atom stereocenters. The molecule has 3 aromatic rings. The highest BCUT2D eigenvalue weighted by atomic mass is 16.5. The molecule has 0 unspecified atom stereocenters. The van der Waals surface area contributed by atoms with Crippen molar-refractivity contribution in [3.8, 4) is 5.75 Å². The zero-order chi connectivity index (χ0) is 13.9. The van der Waals surface area contributed by atoms with Gasteiger partial charge < -0.3 is 15.0 Å². The van der Waals surface area contributed by atoms with Crippen LogP contribution >= 0.6 is 0 Å². The summed E-state index contributed by atoms with van der Waals surface area (Å²) in [4.78, 5) is 7.80. The number of hydrogen-bond acceptors (Lipinski definition) is 3. The van der Waals surface area contributed by atoms with Crippen LogP contribution in [0.15, 0.2) is 42.5 Å². The van der Waals surface area contributed by atoms with Gasteiger partial charge >= 0.3 is 0 Å². The van der Waals surface area contributed by atoms with E-state index in [-0.39, 0.29) is 0 Å². The molecule has 2 aromatic carbocycles. The summed E-state index contributed by atoms with van der Waals surface area (Å²) in [6.45, 7) is 4.70. The number of aryl methyl sites for hydroxylation is 1. The van der Waals surface area contributed by atoms with E-state index in [1.165, 1.54) is 5.56 Å². The lowest BCUT2D eigenvalue weighted by Gasteiger charge is -2.05. The van der Waals surface area contributed by atoms with Crippen molar-refractivity contribution in [1.82, 2.24) is 9.97 Å². The molecule has 0 amide bonds. The van der Waals surface area contributed by atoms with E-state index < -0.39 is 0 Å². The maximum Gasteiger partial charge on any atom is 0.205 e. The summed E-state index contributed by atoms with van der Waals surface area (Å²) < 4.78 is 5.49. The molecule has 1 aromatic heterocycles. The average molecular weight is 267 g/mol. The van der Waals surface area contributed by atoms with Crippen molar-refractivity contribution in [1.29, 1.82) is 0 Å². The molecule has 4 heteroatoms. The molecular weight excluding hydrogens is 250 g/mol. The van der Waals surface area contributed by atoms with Crippen LogP contribution in [0.2, 0.25) is 0 Å². The number of rotatable bonds is 4. The van der Waals surface area contributed by atoms with Crippen LogP contribution in [0.4, 0.5) is 11.6 Å². The summed E-state index contributed by atoms with van der Waals surface area (Å²) in [6.07, 6.45) is 0. The third-order valence-electron chi connectivity index (χ3n) is 3.16. The van der Waals surface area contributed by atoms with Crippen LogP contribution in [0.25, 0.3) is 11.0 Å². The topological polar surface area (TPSA) is 49.9 Å². The summed E-state index contributed by atoms with van der Waals surface area (Å²) in [5.74, 6) is 1.59. The predicted octanol–water partition coefficient (Wildman–Crippen LogP) is 4.01. The SMILES string of the molecule is CCOc1ccc2nc(Nc3ccccc3C)[nH]c2c1. The lowest BCUT2D eigenvalue weighted by molar-refractivity contribution is 0.340. The molecule has 0 radical (unpaired) electrons. The molecule has 0 aliphatic carbocycles. The second-order valence-electron chi connectivity index (χ2n) is 4.64. The number of anilines is 2. The molecule has 0 saturated heterocycles. The first kappa shape index (κ1) is 12.5. The number of para-hydroxylation sites is 1. The lowest BCUT2D eigenvalue weighted by atomic mass is 10.2. The molecule has 0 fully saturated rings. The number of nitrogens with one attached hydrogen (secondary N) is 2. The average Bonchev–Trinajstić information content (AvgIpc) is 2.83. The van der Waals surface area contributed by atoms with Gasteiger partial charge in [-0.25, -0.2) is 4.98 Å². The summed E-state index contributed by atoms with van der Waals surface area (Å²) in [7, 11) is 0. The first-order valence-electron chi connectivity index (χ1n) is 6.71. The quantitative estimate of drug-likeness (QED) is 0.750. The first-order chi connectivity index (χ1) is 9.76. The molecule has 3 rings (SSSR count). The van der Waals surface area contributed by atoms with Crippen LogP contribution in [-0.4, -0.2) is 16.6 Å². The van der Waals surface area contributed by atoms with Crippen molar-refractivity contribution in [2.24, 2.45) is 0 Å². The lowest BCUT2D eigenvalue weighted by Crippen LogP contribution is -1.94. The molecule has 1 heterocycles. The van der Waals surface area contributed by atoms with Gasteiger partial charge in [-0.3, -0.25) is 0 Å². The molecule has 4 nitrogen and oxygen atoms in total. The predicted molar refractivity (Wildman–Crippen MR) is 81.7 cm³/mol. The number of aromatic nitrogens is 2. The fraction of sp³-hybridized carbons (Fsp3) is 0.188. The molecule has 0 bridgehead atoms. The van der Waals surface area contributed by atoms with E-state index in [9.17, 15) is 0 Å². The molecule has 0 aliphatic heterocycles. The van der Waals surface area contributed by atoms with Gasteiger partial charge in [0.1, 0.15) is 5.75 Å². The standard InChI is InChI=1S/C16H17N3O/c1-3-20-12-8-9-14-15(10-12)19-16(18-14)17-13-7-5-4-6-11(13)2/h4-10H,3H2,1-2H3,(H2,17,18,19). The molecule has 0 spiro atoms. The Labute approximate surface area is 117 Å². The van der Waals surface area contributed by atoms with Gasteiger partial charge in [0.05, 0.1) is 17.6 Å². The highest BCUT2D eigenvalue weighted by molar-refractivity contribution is 5.80. The van der Waals surface area contributed by atoms with Crippen LogP contribution in [0, 0.1) is 6.92 Å². The normalized spacial score (nSPS) is 10.7. The van der Waals surface area contributed by atoms with Gasteiger partial charge in [-0.1, -0.05) is 18.2 Å². The van der Waals surface area contributed by atoms with Crippen LogP contribution in [0.5, 0.6) is 5.75 Å². The van der Waals surface area contributed by atoms with Gasteiger partial charge in [0.15, 0.2) is 0 Å². The highest BCUT2D eigenvalue weighted by Gasteiger charge is 2.05. The molecule has 102 valence electrons. The van der Waals surface area contributed by atoms with Crippen molar-refractivity contribution >= 4 is 22.7 Å².